The Bertz CT molecular complexity index is 1320. The van der Waals surface area contributed by atoms with Crippen molar-refractivity contribution in [2.24, 2.45) is 0 Å². The third-order valence-corrected chi connectivity index (χ3v) is 8.99. The van der Waals surface area contributed by atoms with Gasteiger partial charge < -0.3 is 4.74 Å². The molecule has 1 nitrogen and oxygen atoms in total. The van der Waals surface area contributed by atoms with Crippen LogP contribution in [-0.4, -0.2) is 16.6 Å². The summed E-state index contributed by atoms with van der Waals surface area (Å²) in [7, 11) is 1.19. The summed E-state index contributed by atoms with van der Waals surface area (Å²) >= 11 is 0. The molecule has 2 aliphatic rings. The summed E-state index contributed by atoms with van der Waals surface area (Å²) in [6.07, 6.45) is 2.10. The normalized spacial score (nSPS) is 13.3. The molecule has 6 rings (SSSR count). The van der Waals surface area contributed by atoms with E-state index >= 15 is 0 Å². The van der Waals surface area contributed by atoms with Gasteiger partial charge in [0.25, 0.3) is 0 Å². The van der Waals surface area contributed by atoms with Gasteiger partial charge in [-0.15, -0.1) is 0 Å². The SMILES string of the molecule is COc1ccc([SiH2]c2ccc(C)c3c2Cc2ccccc2-3)c2c1-c1ccccc1C2. The van der Waals surface area contributed by atoms with E-state index in [0.717, 1.165) is 18.6 Å². The first-order valence-electron chi connectivity index (χ1n) is 10.7. The molecule has 0 radical (unpaired) electrons. The van der Waals surface area contributed by atoms with Crippen molar-refractivity contribution in [3.05, 3.63) is 101 Å². The molecule has 0 saturated heterocycles. The lowest BCUT2D eigenvalue weighted by Crippen LogP contribution is -2.32. The van der Waals surface area contributed by atoms with Crippen LogP contribution in [0.3, 0.4) is 0 Å². The summed E-state index contributed by atoms with van der Waals surface area (Å²) < 4.78 is 5.77. The highest BCUT2D eigenvalue weighted by Gasteiger charge is 2.27. The maximum atomic E-state index is 5.77. The first kappa shape index (κ1) is 17.7. The molecule has 4 aromatic carbocycles. The number of ether oxygens (including phenoxy) is 1. The van der Waals surface area contributed by atoms with E-state index in [1.165, 1.54) is 44.5 Å². The minimum atomic E-state index is -0.602. The molecule has 2 aliphatic carbocycles. The van der Waals surface area contributed by atoms with Crippen molar-refractivity contribution < 1.29 is 4.74 Å². The Morgan fingerprint density at radius 3 is 1.90 bits per heavy atom. The zero-order chi connectivity index (χ0) is 20.2. The van der Waals surface area contributed by atoms with Gasteiger partial charge in [-0.25, -0.2) is 0 Å². The molecule has 0 saturated carbocycles. The Kier molecular flexibility index (Phi) is 3.97. The maximum Gasteiger partial charge on any atom is 0.126 e. The minimum absolute atomic E-state index is 0.602. The highest BCUT2D eigenvalue weighted by molar-refractivity contribution is 6.68. The summed E-state index contributed by atoms with van der Waals surface area (Å²) in [5.41, 5.74) is 13.0. The van der Waals surface area contributed by atoms with Crippen molar-refractivity contribution in [2.45, 2.75) is 19.8 Å². The molecule has 0 spiro atoms. The fourth-order valence-corrected chi connectivity index (χ4v) is 7.39. The highest BCUT2D eigenvalue weighted by Crippen LogP contribution is 2.42. The summed E-state index contributed by atoms with van der Waals surface area (Å²) in [6, 6.07) is 27.0. The van der Waals surface area contributed by atoms with Crippen molar-refractivity contribution in [1.29, 1.82) is 0 Å². The van der Waals surface area contributed by atoms with Gasteiger partial charge in [-0.3, -0.25) is 0 Å². The summed E-state index contributed by atoms with van der Waals surface area (Å²) in [5.74, 6) is 1.01. The standard InChI is InChI=1S/C28H24OSi/c1-17-11-13-25(22-15-18-7-3-5-9-20(18)27(17)22)30-26-14-12-24(29-2)28-21-10-6-4-8-19(21)16-23(26)28/h3-14H,15-16,30H2,1-2H3. The third kappa shape index (κ3) is 2.53. The van der Waals surface area contributed by atoms with Crippen LogP contribution in [0.5, 0.6) is 5.75 Å². The van der Waals surface area contributed by atoms with Crippen LogP contribution in [0.2, 0.25) is 0 Å². The van der Waals surface area contributed by atoms with Crippen LogP contribution in [0.25, 0.3) is 22.3 Å². The Morgan fingerprint density at radius 2 is 1.23 bits per heavy atom. The van der Waals surface area contributed by atoms with Gasteiger partial charge in [0.05, 0.1) is 16.6 Å². The van der Waals surface area contributed by atoms with Gasteiger partial charge in [-0.2, -0.15) is 0 Å². The average Bonchev–Trinajstić information content (AvgIpc) is 3.36. The highest BCUT2D eigenvalue weighted by atomic mass is 28.2. The van der Waals surface area contributed by atoms with E-state index < -0.39 is 9.52 Å². The monoisotopic (exact) mass is 404 g/mol. The quantitative estimate of drug-likeness (QED) is 0.400. The molecule has 0 fully saturated rings. The Hall–Kier alpha value is -3.10. The molecular weight excluding hydrogens is 380 g/mol. The average molecular weight is 405 g/mol. The van der Waals surface area contributed by atoms with E-state index in [1.807, 2.05) is 0 Å². The van der Waals surface area contributed by atoms with E-state index in [-0.39, 0.29) is 0 Å². The summed E-state index contributed by atoms with van der Waals surface area (Å²) in [6.45, 7) is 2.26. The Balaban J connectivity index is 1.47. The maximum absolute atomic E-state index is 5.77. The third-order valence-electron chi connectivity index (χ3n) is 6.90. The fraction of sp³-hybridized carbons (Fsp3) is 0.143. The predicted octanol–water partition coefficient (Wildman–Crippen LogP) is 4.27. The van der Waals surface area contributed by atoms with E-state index in [2.05, 4.69) is 79.7 Å². The van der Waals surface area contributed by atoms with Crippen LogP contribution < -0.4 is 15.1 Å². The fourth-order valence-electron chi connectivity index (χ4n) is 5.48. The molecular formula is C28H24OSi. The minimum Gasteiger partial charge on any atom is -0.496 e. The number of hydrogen-bond donors (Lipinski definition) is 0. The molecule has 0 bridgehead atoms. The van der Waals surface area contributed by atoms with Crippen molar-refractivity contribution >= 4 is 19.9 Å². The Morgan fingerprint density at radius 1 is 0.667 bits per heavy atom. The lowest BCUT2D eigenvalue weighted by molar-refractivity contribution is 0.416. The van der Waals surface area contributed by atoms with Gasteiger partial charge in [-0.05, 0) is 70.3 Å². The van der Waals surface area contributed by atoms with Crippen molar-refractivity contribution in [3.8, 4) is 28.0 Å². The van der Waals surface area contributed by atoms with Gasteiger partial charge in [0.1, 0.15) is 5.75 Å². The molecule has 0 unspecified atom stereocenters. The van der Waals surface area contributed by atoms with Crippen LogP contribution in [0.1, 0.15) is 27.8 Å². The van der Waals surface area contributed by atoms with Crippen LogP contribution in [0.4, 0.5) is 0 Å². The second-order valence-electron chi connectivity index (χ2n) is 8.52. The zero-order valence-corrected chi connectivity index (χ0v) is 18.9. The lowest BCUT2D eigenvalue weighted by atomic mass is 10.0. The largest absolute Gasteiger partial charge is 0.496 e. The van der Waals surface area contributed by atoms with Gasteiger partial charge >= 0.3 is 0 Å². The topological polar surface area (TPSA) is 9.23 Å². The molecule has 4 aromatic rings. The molecule has 146 valence electrons. The van der Waals surface area contributed by atoms with E-state index in [4.69, 9.17) is 4.74 Å². The second kappa shape index (κ2) is 6.71. The molecule has 2 heteroatoms. The summed E-state index contributed by atoms with van der Waals surface area (Å²) in [5, 5.41) is 3.15. The summed E-state index contributed by atoms with van der Waals surface area (Å²) in [4.78, 5) is 0. The number of fused-ring (bicyclic) bond motifs is 6. The van der Waals surface area contributed by atoms with E-state index in [0.29, 0.717) is 0 Å². The second-order valence-corrected chi connectivity index (χ2v) is 10.4. The predicted molar refractivity (Wildman–Crippen MR) is 128 cm³/mol. The number of aryl methyl sites for hydroxylation is 1. The van der Waals surface area contributed by atoms with Crippen molar-refractivity contribution in [3.63, 3.8) is 0 Å². The van der Waals surface area contributed by atoms with Crippen molar-refractivity contribution in [1.82, 2.24) is 0 Å². The molecule has 0 heterocycles. The molecule has 0 aromatic heterocycles. The number of hydrogen-bond acceptors (Lipinski definition) is 1. The van der Waals surface area contributed by atoms with E-state index in [1.54, 1.807) is 23.0 Å². The van der Waals surface area contributed by atoms with E-state index in [9.17, 15) is 0 Å². The van der Waals surface area contributed by atoms with Crippen LogP contribution in [-0.2, 0) is 12.8 Å². The number of rotatable bonds is 3. The van der Waals surface area contributed by atoms with Gasteiger partial charge in [0, 0.05) is 5.56 Å². The first-order valence-corrected chi connectivity index (χ1v) is 12.1. The molecule has 0 aliphatic heterocycles. The van der Waals surface area contributed by atoms with Crippen molar-refractivity contribution in [2.75, 3.05) is 7.11 Å². The number of benzene rings is 4. The smallest absolute Gasteiger partial charge is 0.126 e. The van der Waals surface area contributed by atoms with Gasteiger partial charge in [0.15, 0.2) is 0 Å². The van der Waals surface area contributed by atoms with Gasteiger partial charge in [0.2, 0.25) is 0 Å². The molecule has 30 heavy (non-hydrogen) atoms. The molecule has 0 N–H and O–H groups in total. The zero-order valence-electron chi connectivity index (χ0n) is 17.5. The first-order chi connectivity index (χ1) is 14.7. The van der Waals surface area contributed by atoms with Crippen LogP contribution in [0, 0.1) is 6.92 Å². The van der Waals surface area contributed by atoms with Crippen LogP contribution in [0.15, 0.2) is 72.8 Å². The molecule has 0 amide bonds. The van der Waals surface area contributed by atoms with Gasteiger partial charge in [-0.1, -0.05) is 77.1 Å². The number of methoxy groups -OCH3 is 1. The Labute approximate surface area is 180 Å². The van der Waals surface area contributed by atoms with Crippen LogP contribution >= 0.6 is 0 Å². The molecule has 0 atom stereocenters. The lowest BCUT2D eigenvalue weighted by Gasteiger charge is -2.15.